The summed E-state index contributed by atoms with van der Waals surface area (Å²) in [5.74, 6) is 0.163. The van der Waals surface area contributed by atoms with Gasteiger partial charge in [0.25, 0.3) is 0 Å². The second-order valence-corrected chi connectivity index (χ2v) is 8.10. The van der Waals surface area contributed by atoms with Crippen molar-refractivity contribution in [3.8, 4) is 0 Å². The van der Waals surface area contributed by atoms with Gasteiger partial charge in [0.05, 0.1) is 17.7 Å². The normalized spacial score (nSPS) is 33.4. The number of nitrogens with zero attached hydrogens (tertiary/aromatic N) is 2. The highest BCUT2D eigenvalue weighted by molar-refractivity contribution is 7.11. The minimum Gasteiger partial charge on any atom is -0.377 e. The first kappa shape index (κ1) is 14.9. The maximum atomic E-state index is 12.9. The van der Waals surface area contributed by atoms with Crippen LogP contribution in [0.25, 0.3) is 0 Å². The average molecular weight is 309 g/mol. The molecule has 0 bridgehead atoms. The number of likely N-dealkylation sites (N-methyl/N-ethyl adjacent to an activating group) is 1. The number of hydrogen-bond donors (Lipinski definition) is 1. The lowest BCUT2D eigenvalue weighted by Gasteiger charge is -2.61. The molecule has 2 heterocycles. The van der Waals surface area contributed by atoms with Gasteiger partial charge in [0.1, 0.15) is 5.54 Å². The molecule has 116 valence electrons. The summed E-state index contributed by atoms with van der Waals surface area (Å²) in [4.78, 5) is 20.0. The van der Waals surface area contributed by atoms with Gasteiger partial charge in [-0.1, -0.05) is 13.8 Å². The Kier molecular flexibility index (Phi) is 3.39. The van der Waals surface area contributed by atoms with Crippen LogP contribution in [-0.2, 0) is 16.1 Å². The van der Waals surface area contributed by atoms with Crippen LogP contribution >= 0.6 is 11.3 Å². The zero-order valence-corrected chi connectivity index (χ0v) is 13.9. The molecule has 5 nitrogen and oxygen atoms in total. The molecule has 21 heavy (non-hydrogen) atoms. The van der Waals surface area contributed by atoms with Gasteiger partial charge in [-0.3, -0.25) is 4.79 Å². The summed E-state index contributed by atoms with van der Waals surface area (Å²) in [6.45, 7) is 7.33. The Labute approximate surface area is 129 Å². The Morgan fingerprint density at radius 1 is 1.62 bits per heavy atom. The Bertz CT molecular complexity index is 571. The molecule has 3 rings (SSSR count). The number of hydrogen-bond acceptors (Lipinski definition) is 5. The molecule has 0 spiro atoms. The van der Waals surface area contributed by atoms with Crippen LogP contribution in [0.4, 0.5) is 0 Å². The Morgan fingerprint density at radius 2 is 2.33 bits per heavy atom. The Morgan fingerprint density at radius 3 is 2.95 bits per heavy atom. The summed E-state index contributed by atoms with van der Waals surface area (Å²) in [5, 5.41) is 1.02. The Hall–Kier alpha value is -0.980. The van der Waals surface area contributed by atoms with Gasteiger partial charge in [-0.2, -0.15) is 0 Å². The van der Waals surface area contributed by atoms with Crippen molar-refractivity contribution in [2.75, 3.05) is 13.7 Å². The fraction of sp³-hybridized carbons (Fsp3) is 0.733. The van der Waals surface area contributed by atoms with E-state index in [-0.39, 0.29) is 23.3 Å². The molecule has 2 N–H and O–H groups in total. The number of carbonyl (C=O) groups is 1. The molecule has 0 aromatic carbocycles. The van der Waals surface area contributed by atoms with Gasteiger partial charge in [0, 0.05) is 36.1 Å². The molecular weight excluding hydrogens is 286 g/mol. The van der Waals surface area contributed by atoms with Crippen LogP contribution in [0.15, 0.2) is 6.20 Å². The predicted octanol–water partition coefficient (Wildman–Crippen LogP) is 1.55. The highest BCUT2D eigenvalue weighted by atomic mass is 32.1. The van der Waals surface area contributed by atoms with Gasteiger partial charge in [0.15, 0.2) is 0 Å². The molecule has 1 aliphatic carbocycles. The first-order chi connectivity index (χ1) is 9.78. The van der Waals surface area contributed by atoms with Crippen LogP contribution in [0.5, 0.6) is 0 Å². The average Bonchev–Trinajstić information content (AvgIpc) is 3.05. The monoisotopic (exact) mass is 309 g/mol. The highest BCUT2D eigenvalue weighted by Crippen LogP contribution is 2.58. The molecule has 2 fully saturated rings. The first-order valence-electron chi connectivity index (χ1n) is 7.36. The summed E-state index contributed by atoms with van der Waals surface area (Å²) in [7, 11) is 1.82. The fourth-order valence-electron chi connectivity index (χ4n) is 3.92. The third kappa shape index (κ3) is 1.96. The first-order valence-corrected chi connectivity index (χ1v) is 8.17. The van der Waals surface area contributed by atoms with Crippen LogP contribution in [0, 0.1) is 18.3 Å². The van der Waals surface area contributed by atoms with E-state index in [9.17, 15) is 4.79 Å². The fourth-order valence-corrected chi connectivity index (χ4v) is 4.77. The molecule has 1 amide bonds. The van der Waals surface area contributed by atoms with Crippen molar-refractivity contribution in [2.24, 2.45) is 17.1 Å². The molecule has 1 saturated carbocycles. The van der Waals surface area contributed by atoms with Crippen molar-refractivity contribution >= 4 is 17.2 Å². The van der Waals surface area contributed by atoms with Gasteiger partial charge >= 0.3 is 0 Å². The zero-order chi connectivity index (χ0) is 15.4. The van der Waals surface area contributed by atoms with Crippen molar-refractivity contribution in [2.45, 2.75) is 45.4 Å². The minimum absolute atomic E-state index is 0.0188. The number of carbonyl (C=O) groups excluding carboxylic acids is 1. The lowest BCUT2D eigenvalue weighted by molar-refractivity contribution is -0.183. The number of aryl methyl sites for hydroxylation is 1. The number of rotatable bonds is 3. The van der Waals surface area contributed by atoms with Crippen molar-refractivity contribution < 1.29 is 9.53 Å². The summed E-state index contributed by atoms with van der Waals surface area (Å²) in [6, 6.07) is 0. The summed E-state index contributed by atoms with van der Waals surface area (Å²) >= 11 is 1.62. The van der Waals surface area contributed by atoms with E-state index in [1.54, 1.807) is 16.2 Å². The van der Waals surface area contributed by atoms with Gasteiger partial charge in [0.2, 0.25) is 5.91 Å². The van der Waals surface area contributed by atoms with E-state index >= 15 is 0 Å². The second-order valence-electron chi connectivity index (χ2n) is 6.78. The van der Waals surface area contributed by atoms with E-state index in [0.29, 0.717) is 13.2 Å². The number of aromatic nitrogens is 1. The van der Waals surface area contributed by atoms with E-state index in [0.717, 1.165) is 16.3 Å². The lowest BCUT2D eigenvalue weighted by Crippen LogP contribution is -2.80. The van der Waals surface area contributed by atoms with Crippen molar-refractivity contribution in [3.05, 3.63) is 16.1 Å². The molecule has 6 heteroatoms. The summed E-state index contributed by atoms with van der Waals surface area (Å²) < 4.78 is 5.76. The van der Waals surface area contributed by atoms with Gasteiger partial charge in [-0.25, -0.2) is 4.98 Å². The third-order valence-electron chi connectivity index (χ3n) is 5.22. The molecule has 1 aromatic rings. The summed E-state index contributed by atoms with van der Waals surface area (Å²) in [5.41, 5.74) is 5.45. The summed E-state index contributed by atoms with van der Waals surface area (Å²) in [6.07, 6.45) is 2.83. The van der Waals surface area contributed by atoms with E-state index < -0.39 is 5.54 Å². The van der Waals surface area contributed by atoms with Gasteiger partial charge in [-0.15, -0.1) is 11.3 Å². The van der Waals surface area contributed by atoms with Crippen molar-refractivity contribution in [1.29, 1.82) is 0 Å². The van der Waals surface area contributed by atoms with Crippen LogP contribution in [0.2, 0.25) is 0 Å². The smallest absolute Gasteiger partial charge is 0.243 e. The zero-order valence-electron chi connectivity index (χ0n) is 13.0. The topological polar surface area (TPSA) is 68.5 Å². The lowest BCUT2D eigenvalue weighted by atomic mass is 9.47. The number of ether oxygens (including phenoxy) is 1. The second kappa shape index (κ2) is 4.76. The van der Waals surface area contributed by atoms with Crippen molar-refractivity contribution in [1.82, 2.24) is 9.88 Å². The van der Waals surface area contributed by atoms with E-state index in [1.165, 1.54) is 0 Å². The van der Waals surface area contributed by atoms with Crippen LogP contribution in [-0.4, -0.2) is 41.1 Å². The number of fused-ring (bicyclic) bond motifs is 1. The molecule has 3 unspecified atom stereocenters. The van der Waals surface area contributed by atoms with Crippen LogP contribution in [0.1, 0.15) is 30.2 Å². The molecule has 2 aliphatic rings. The highest BCUT2D eigenvalue weighted by Gasteiger charge is 2.71. The largest absolute Gasteiger partial charge is 0.377 e. The maximum Gasteiger partial charge on any atom is 0.243 e. The predicted molar refractivity (Wildman–Crippen MR) is 81.9 cm³/mol. The molecule has 1 aliphatic heterocycles. The van der Waals surface area contributed by atoms with E-state index in [2.05, 4.69) is 4.98 Å². The van der Waals surface area contributed by atoms with Crippen molar-refractivity contribution in [3.63, 3.8) is 0 Å². The minimum atomic E-state index is -0.817. The number of thiazole rings is 1. The molecule has 1 aromatic heterocycles. The van der Waals surface area contributed by atoms with Gasteiger partial charge < -0.3 is 15.4 Å². The number of nitrogens with two attached hydrogens (primary N) is 1. The molecule has 1 saturated heterocycles. The SMILES string of the molecule is Cc1ncc(CN(C)C(=O)C2(N)C3CCOC3C2(C)C)s1. The standard InChI is InChI=1S/C15H23N3O2S/c1-9-17-7-10(21-9)8-18(4)13(19)15(16)11-5-6-20-12(11)14(15,2)3/h7,11-12H,5-6,8,16H2,1-4H3. The molecular formula is C15H23N3O2S. The quantitative estimate of drug-likeness (QED) is 0.920. The van der Waals surface area contributed by atoms with E-state index in [1.807, 2.05) is 34.0 Å². The molecule has 3 atom stereocenters. The Balaban J connectivity index is 1.77. The maximum absolute atomic E-state index is 12.9. The third-order valence-corrected chi connectivity index (χ3v) is 6.11. The van der Waals surface area contributed by atoms with Crippen LogP contribution < -0.4 is 5.73 Å². The van der Waals surface area contributed by atoms with Gasteiger partial charge in [-0.05, 0) is 13.3 Å². The molecule has 0 radical (unpaired) electrons. The van der Waals surface area contributed by atoms with E-state index in [4.69, 9.17) is 10.5 Å². The number of amides is 1. The van der Waals surface area contributed by atoms with Crippen LogP contribution in [0.3, 0.4) is 0 Å².